The topological polar surface area (TPSA) is 53.6 Å². The summed E-state index contributed by atoms with van der Waals surface area (Å²) in [6, 6.07) is 19.2. The zero-order valence-corrected chi connectivity index (χ0v) is 22.4. The second-order valence-electron chi connectivity index (χ2n) is 10.6. The average Bonchev–Trinajstić information content (AvgIpc) is 2.92. The van der Waals surface area contributed by atoms with E-state index >= 15 is 0 Å². The van der Waals surface area contributed by atoms with Crippen LogP contribution in [0, 0.1) is 0 Å². The van der Waals surface area contributed by atoms with Crippen LogP contribution in [0.5, 0.6) is 5.75 Å². The smallest absolute Gasteiger partial charge is 0.265 e. The Labute approximate surface area is 223 Å². The summed E-state index contributed by atoms with van der Waals surface area (Å²) in [6.45, 7) is 14.4. The predicted molar refractivity (Wildman–Crippen MR) is 152 cm³/mol. The van der Waals surface area contributed by atoms with Crippen LogP contribution in [0.4, 0.5) is 0 Å². The second kappa shape index (κ2) is 13.5. The van der Waals surface area contributed by atoms with Gasteiger partial charge in [-0.15, -0.1) is 0 Å². The first-order valence-electron chi connectivity index (χ1n) is 14.0. The van der Waals surface area contributed by atoms with E-state index in [1.54, 1.807) is 0 Å². The zero-order valence-electron chi connectivity index (χ0n) is 22.4. The monoisotopic (exact) mass is 501 g/mol. The summed E-state index contributed by atoms with van der Waals surface area (Å²) in [4.78, 5) is 14.6. The molecular weight excluding hydrogens is 458 g/mol. The Morgan fingerprint density at radius 2 is 1.84 bits per heavy atom. The Balaban J connectivity index is 1.20. The number of allylic oxidation sites excluding steroid dienone is 1. The van der Waals surface area contributed by atoms with Gasteiger partial charge in [-0.2, -0.15) is 0 Å². The summed E-state index contributed by atoms with van der Waals surface area (Å²) in [5.41, 5.74) is 4.66. The highest BCUT2D eigenvalue weighted by atomic mass is 16.5. The molecule has 2 aliphatic heterocycles. The van der Waals surface area contributed by atoms with Crippen molar-refractivity contribution in [1.82, 2.24) is 15.5 Å². The fourth-order valence-corrected chi connectivity index (χ4v) is 5.43. The number of benzene rings is 2. The molecule has 0 radical (unpaired) electrons. The van der Waals surface area contributed by atoms with Gasteiger partial charge in [0.15, 0.2) is 6.10 Å². The number of unbranched alkanes of at least 4 members (excludes halogenated alkanes) is 1. The molecule has 2 N–H and O–H groups in total. The molecule has 37 heavy (non-hydrogen) atoms. The first-order valence-corrected chi connectivity index (χ1v) is 14.0. The third kappa shape index (κ3) is 7.96. The summed E-state index contributed by atoms with van der Waals surface area (Å²) in [5.74, 6) is 1.75. The van der Waals surface area contributed by atoms with Crippen LogP contribution < -0.4 is 15.4 Å². The molecule has 2 heterocycles. The van der Waals surface area contributed by atoms with Crippen LogP contribution in [0.2, 0.25) is 0 Å². The van der Waals surface area contributed by atoms with Gasteiger partial charge in [0.05, 0.1) is 0 Å². The lowest BCUT2D eigenvalue weighted by molar-refractivity contribution is -0.128. The molecule has 2 atom stereocenters. The minimum absolute atomic E-state index is 0.0969. The Morgan fingerprint density at radius 3 is 2.51 bits per heavy atom. The maximum absolute atomic E-state index is 12.1. The highest BCUT2D eigenvalue weighted by Crippen LogP contribution is 2.30. The lowest BCUT2D eigenvalue weighted by atomic mass is 9.89. The zero-order chi connectivity index (χ0) is 26.0. The number of piperidine rings is 2. The lowest BCUT2D eigenvalue weighted by Gasteiger charge is -2.33. The van der Waals surface area contributed by atoms with E-state index in [-0.39, 0.29) is 5.91 Å². The van der Waals surface area contributed by atoms with Crippen molar-refractivity contribution in [2.75, 3.05) is 26.2 Å². The van der Waals surface area contributed by atoms with Crippen molar-refractivity contribution >= 4 is 5.91 Å². The normalized spacial score (nSPS) is 19.8. The van der Waals surface area contributed by atoms with Crippen molar-refractivity contribution in [2.45, 2.75) is 69.8 Å². The number of carbonyl (C=O) groups excluding carboxylic acids is 1. The highest BCUT2D eigenvalue weighted by Gasteiger charge is 2.26. The van der Waals surface area contributed by atoms with Gasteiger partial charge in [-0.05, 0) is 74.4 Å². The molecule has 2 unspecified atom stereocenters. The number of likely N-dealkylation sites (tertiary alicyclic amines) is 1. The molecule has 198 valence electrons. The van der Waals surface area contributed by atoms with E-state index in [2.05, 4.69) is 78.1 Å². The molecule has 1 amide bonds. The van der Waals surface area contributed by atoms with E-state index in [9.17, 15) is 4.79 Å². The minimum Gasteiger partial charge on any atom is -0.481 e. The molecule has 0 aromatic heterocycles. The molecular formula is C32H43N3O2. The van der Waals surface area contributed by atoms with Crippen LogP contribution in [0.15, 0.2) is 79.1 Å². The van der Waals surface area contributed by atoms with Gasteiger partial charge in [0.1, 0.15) is 5.75 Å². The van der Waals surface area contributed by atoms with Gasteiger partial charge in [0.25, 0.3) is 5.91 Å². The number of ether oxygens (including phenoxy) is 1. The fourth-order valence-electron chi connectivity index (χ4n) is 5.43. The third-order valence-corrected chi connectivity index (χ3v) is 7.71. The van der Waals surface area contributed by atoms with Crippen molar-refractivity contribution in [3.63, 3.8) is 0 Å². The van der Waals surface area contributed by atoms with Crippen molar-refractivity contribution in [2.24, 2.45) is 0 Å². The number of rotatable bonds is 12. The first-order chi connectivity index (χ1) is 18.0. The Kier molecular flexibility index (Phi) is 9.84. The number of carbonyl (C=O) groups is 1. The molecule has 2 saturated heterocycles. The van der Waals surface area contributed by atoms with Crippen LogP contribution in [-0.2, 0) is 4.79 Å². The molecule has 0 bridgehead atoms. The van der Waals surface area contributed by atoms with Crippen LogP contribution in [-0.4, -0.2) is 43.1 Å². The minimum atomic E-state index is -0.434. The van der Waals surface area contributed by atoms with Gasteiger partial charge in [-0.3, -0.25) is 9.69 Å². The van der Waals surface area contributed by atoms with Crippen molar-refractivity contribution in [3.05, 3.63) is 90.3 Å². The van der Waals surface area contributed by atoms with E-state index in [4.69, 9.17) is 4.74 Å². The standard InChI is InChI=1S/C32H43N3O2/c1-4-5-9-29(26-10-7-6-8-11-26)22-33-25(3)23-35-20-18-28(19-21-35)27-13-15-30(16-14-27)37-31-17-12-24(2)34-32(31)36/h6-8,10-11,13-16,28-29,31,33H,2-5,9,12,17-23H2,1H3,(H,34,36). The second-order valence-corrected chi connectivity index (χ2v) is 10.6. The number of nitrogens with one attached hydrogen (secondary N) is 2. The molecule has 5 heteroatoms. The quantitative estimate of drug-likeness (QED) is 0.368. The van der Waals surface area contributed by atoms with Gasteiger partial charge in [-0.25, -0.2) is 0 Å². The summed E-state index contributed by atoms with van der Waals surface area (Å²) >= 11 is 0. The van der Waals surface area contributed by atoms with E-state index in [1.165, 1.54) is 30.4 Å². The number of amides is 1. The van der Waals surface area contributed by atoms with Gasteiger partial charge < -0.3 is 15.4 Å². The van der Waals surface area contributed by atoms with E-state index < -0.39 is 6.10 Å². The van der Waals surface area contributed by atoms with E-state index in [0.29, 0.717) is 18.3 Å². The van der Waals surface area contributed by atoms with Crippen molar-refractivity contribution in [3.8, 4) is 5.75 Å². The van der Waals surface area contributed by atoms with Crippen LogP contribution >= 0.6 is 0 Å². The largest absolute Gasteiger partial charge is 0.481 e. The molecule has 2 aromatic carbocycles. The van der Waals surface area contributed by atoms with E-state index in [0.717, 1.165) is 62.6 Å². The molecule has 5 nitrogen and oxygen atoms in total. The molecule has 2 aliphatic rings. The maximum Gasteiger partial charge on any atom is 0.265 e. The van der Waals surface area contributed by atoms with Gasteiger partial charge in [-0.1, -0.05) is 75.4 Å². The van der Waals surface area contributed by atoms with Gasteiger partial charge >= 0.3 is 0 Å². The molecule has 0 saturated carbocycles. The molecule has 4 rings (SSSR count). The van der Waals surface area contributed by atoms with Gasteiger partial charge in [0, 0.05) is 30.4 Å². The first kappa shape index (κ1) is 27.0. The third-order valence-electron chi connectivity index (χ3n) is 7.71. The maximum atomic E-state index is 12.1. The predicted octanol–water partition coefficient (Wildman–Crippen LogP) is 6.11. The molecule has 0 spiro atoms. The lowest BCUT2D eigenvalue weighted by Crippen LogP contribution is -2.41. The number of hydrogen-bond acceptors (Lipinski definition) is 4. The van der Waals surface area contributed by atoms with Crippen LogP contribution in [0.25, 0.3) is 0 Å². The highest BCUT2D eigenvalue weighted by molar-refractivity contribution is 5.83. The summed E-state index contributed by atoms with van der Waals surface area (Å²) < 4.78 is 5.93. The summed E-state index contributed by atoms with van der Waals surface area (Å²) in [7, 11) is 0. The average molecular weight is 502 g/mol. The molecule has 2 fully saturated rings. The van der Waals surface area contributed by atoms with Crippen LogP contribution in [0.1, 0.15) is 74.8 Å². The Bertz CT molecular complexity index is 1030. The summed E-state index contributed by atoms with van der Waals surface area (Å²) in [5, 5.41) is 6.43. The Morgan fingerprint density at radius 1 is 1.11 bits per heavy atom. The fraction of sp³-hybridized carbons (Fsp3) is 0.469. The Hall–Kier alpha value is -3.05. The number of nitrogens with zero attached hydrogens (tertiary/aromatic N) is 1. The SMILES string of the molecule is C=C(CN1CCC(c2ccc(OC3CCC(=C)NC3=O)cc2)CC1)NCC(CCCC)c1ccccc1. The van der Waals surface area contributed by atoms with Crippen LogP contribution in [0.3, 0.4) is 0 Å². The van der Waals surface area contributed by atoms with Crippen molar-refractivity contribution < 1.29 is 9.53 Å². The van der Waals surface area contributed by atoms with Gasteiger partial charge in [0.2, 0.25) is 0 Å². The van der Waals surface area contributed by atoms with Crippen molar-refractivity contribution in [1.29, 1.82) is 0 Å². The molecule has 2 aromatic rings. The summed E-state index contributed by atoms with van der Waals surface area (Å²) in [6.07, 6.45) is 6.98. The molecule has 0 aliphatic carbocycles. The number of hydrogen-bond donors (Lipinski definition) is 2. The van der Waals surface area contributed by atoms with E-state index in [1.807, 2.05) is 12.1 Å².